The predicted octanol–water partition coefficient (Wildman–Crippen LogP) is 28.4. The molecule has 0 saturated carbocycles. The third-order valence-corrected chi connectivity index (χ3v) is 23.8. The Bertz CT molecular complexity index is 7540. The molecule has 13 nitrogen and oxygen atoms in total. The van der Waals surface area contributed by atoms with Gasteiger partial charge in [-0.1, -0.05) is 333 Å². The summed E-state index contributed by atoms with van der Waals surface area (Å²) >= 11 is 0. The molecule has 0 saturated heterocycles. The van der Waals surface area contributed by atoms with Gasteiger partial charge in [0.15, 0.2) is 58.3 Å². The maximum Gasteiger partial charge on any atom is 0.164 e. The van der Waals surface area contributed by atoms with Crippen LogP contribution in [0.4, 0.5) is 0 Å². The zero-order chi connectivity index (χ0) is 89.0. The fourth-order valence-corrected chi connectivity index (χ4v) is 16.7. The van der Waals surface area contributed by atoms with Crippen molar-refractivity contribution in [3.63, 3.8) is 0 Å². The van der Waals surface area contributed by atoms with E-state index in [4.69, 9.17) is 64.8 Å². The number of pyridine rings is 2. The number of rotatable bonds is 20. The van der Waals surface area contributed by atoms with E-state index in [-0.39, 0.29) is 0 Å². The summed E-state index contributed by atoms with van der Waals surface area (Å²) < 4.78 is 0. The minimum Gasteiger partial charge on any atom is -0.258 e. The molecule has 0 aliphatic heterocycles. The highest BCUT2D eigenvalue weighted by molar-refractivity contribution is 6.13. The van der Waals surface area contributed by atoms with Crippen LogP contribution in [0.2, 0.25) is 0 Å². The number of hydrogen-bond acceptors (Lipinski definition) is 12. The fourth-order valence-electron chi connectivity index (χ4n) is 16.7. The molecule has 0 fully saturated rings. The first-order chi connectivity index (χ1) is 63.3. The molecule has 19 aromatic rings. The van der Waals surface area contributed by atoms with Crippen molar-refractivity contribution in [2.45, 2.75) is 69.2 Å². The second-order valence-electron chi connectivity index (χ2n) is 33.3. The summed E-state index contributed by atoms with van der Waals surface area (Å²) in [6.07, 6.45) is 0. The Kier molecular flexibility index (Phi) is 23.1. The molecular formula is C117H91N13. The normalized spacial score (nSPS) is 11.6. The third-order valence-electron chi connectivity index (χ3n) is 23.8. The molecule has 0 aliphatic carbocycles. The van der Waals surface area contributed by atoms with Crippen LogP contribution < -0.4 is 0 Å². The van der Waals surface area contributed by atoms with Crippen molar-refractivity contribution in [1.29, 1.82) is 0 Å². The molecule has 5 aromatic heterocycles. The van der Waals surface area contributed by atoms with Crippen LogP contribution in [0.1, 0.15) is 74.2 Å². The van der Waals surface area contributed by atoms with Crippen molar-refractivity contribution in [3.05, 3.63) is 432 Å². The van der Waals surface area contributed by atoms with E-state index in [2.05, 4.69) is 351 Å². The highest BCUT2D eigenvalue weighted by atomic mass is 15.1. The summed E-state index contributed by atoms with van der Waals surface area (Å²) in [6, 6.07) is 124. The molecule has 624 valence electrons. The van der Waals surface area contributed by atoms with Gasteiger partial charge in [-0.05, 0) is 207 Å². The lowest BCUT2D eigenvalue weighted by molar-refractivity contribution is 1.07. The fraction of sp³-hybridized carbons (Fsp3) is 0.0855. The highest BCUT2D eigenvalue weighted by Crippen LogP contribution is 2.44. The zero-order valence-corrected chi connectivity index (χ0v) is 74.1. The number of benzene rings is 14. The lowest BCUT2D eigenvalue weighted by atomic mass is 9.88. The average Bonchev–Trinajstić information content (AvgIpc) is 0.816. The van der Waals surface area contributed by atoms with E-state index in [0.29, 0.717) is 64.0 Å². The summed E-state index contributed by atoms with van der Waals surface area (Å²) in [5, 5.41) is 0. The molecular weight excluding hydrogens is 1590 g/mol. The smallest absolute Gasteiger partial charge is 0.164 e. The Morgan fingerprint density at radius 2 is 0.562 bits per heavy atom. The van der Waals surface area contributed by atoms with Crippen molar-refractivity contribution in [1.82, 2.24) is 54.8 Å². The van der Waals surface area contributed by atoms with Crippen molar-refractivity contribution in [2.24, 2.45) is 9.98 Å². The first-order valence-electron chi connectivity index (χ1n) is 43.7. The number of nitrogens with zero attached hydrogens (tertiary/aromatic N) is 13. The van der Waals surface area contributed by atoms with Crippen LogP contribution in [0, 0.1) is 62.3 Å². The molecule has 0 N–H and O–H groups in total. The highest BCUT2D eigenvalue weighted by Gasteiger charge is 2.24. The Hall–Kier alpha value is -16.5. The van der Waals surface area contributed by atoms with Gasteiger partial charge in [-0.3, -0.25) is 9.97 Å². The summed E-state index contributed by atoms with van der Waals surface area (Å²) in [6.45, 7) is 25.2. The Morgan fingerprint density at radius 3 is 1.10 bits per heavy atom. The Labute approximate surface area is 758 Å². The molecule has 0 bridgehead atoms. The van der Waals surface area contributed by atoms with Gasteiger partial charge in [0.25, 0.3) is 0 Å². The average molecular weight is 1680 g/mol. The van der Waals surface area contributed by atoms with Crippen LogP contribution in [0.25, 0.3) is 186 Å². The minimum absolute atomic E-state index is 0.534. The van der Waals surface area contributed by atoms with Crippen LogP contribution in [0.5, 0.6) is 0 Å². The standard InChI is InChI=1S/C117H91N13/c1-71-38-45-82(46-39-71)79(9)120-108(86-47-40-72(2)41-48-86)121-80(10)90-28-21-31-95(66-90)102-62-59-94(70-107(102)101-61-44-76(6)119-81(101)11)92-30-23-33-97(68-92)114-124-109(85-26-13-12-14-27-85)123-113(125-114)96-32-22-29-91(67-96)83-51-55-88(56-52-83)111-122-110(87-49-42-73(3)43-50-87)128-117(129-111)105-37-20-19-36-103(105)104-63-60-93(69-106(104)98-64-77(7)118-78(8)65-98)84-53-57-89(58-54-84)112-126-115(99-34-17-15-24-74(99)4)130-116(127-112)100-35-18-16-25-75(100)5/h12-70H,10H2,1-9,11H3. The maximum absolute atomic E-state index is 5.42. The molecule has 0 amide bonds. The Balaban J connectivity index is 0.637. The first-order valence-corrected chi connectivity index (χ1v) is 43.7. The number of aliphatic imine (C=N–C) groups is 2. The summed E-state index contributed by atoms with van der Waals surface area (Å²) in [7, 11) is 0. The molecule has 0 radical (unpaired) electrons. The maximum atomic E-state index is 5.42. The molecule has 13 heteroatoms. The van der Waals surface area contributed by atoms with Gasteiger partial charge in [-0.15, -0.1) is 0 Å². The van der Waals surface area contributed by atoms with Crippen LogP contribution in [0.15, 0.2) is 374 Å². The van der Waals surface area contributed by atoms with Gasteiger partial charge in [0.1, 0.15) is 0 Å². The second-order valence-corrected chi connectivity index (χ2v) is 33.3. The van der Waals surface area contributed by atoms with Crippen LogP contribution >= 0.6 is 0 Å². The SMILES string of the molecule is C=C(N=C(N=C(C)c1ccc(C)cc1)c1ccc(C)cc1)c1cccc(-c2ccc(-c3cccc(-c4nc(-c5ccccc5)nc(-c5cccc(-c6ccc(-c7nc(-c8ccc(C)cc8)nc(-c8ccccc8-c8ccc(-c9ccc(-c%10nc(-c%11ccccc%11C)nc(-c%11ccccc%11C)n%10)cc9)cc8-c8cc(C)nc(C)c8)n7)cc6)c5)n4)c3)cc2-c2ccc(C)nc2C)c1. The molecule has 0 spiro atoms. The molecule has 5 heterocycles. The van der Waals surface area contributed by atoms with Crippen molar-refractivity contribution >= 4 is 17.2 Å². The van der Waals surface area contributed by atoms with Gasteiger partial charge in [0, 0.05) is 95.2 Å². The number of hydrogen-bond donors (Lipinski definition) is 0. The summed E-state index contributed by atoms with van der Waals surface area (Å²) in [5.74, 6) is 5.71. The Morgan fingerprint density at radius 1 is 0.200 bits per heavy atom. The van der Waals surface area contributed by atoms with Gasteiger partial charge < -0.3 is 0 Å². The molecule has 130 heavy (non-hydrogen) atoms. The molecule has 0 unspecified atom stereocenters. The summed E-state index contributed by atoms with van der Waals surface area (Å²) in [4.78, 5) is 67.4. The van der Waals surface area contributed by atoms with Crippen molar-refractivity contribution in [2.75, 3.05) is 0 Å². The van der Waals surface area contributed by atoms with Crippen molar-refractivity contribution < 1.29 is 0 Å². The second kappa shape index (κ2) is 36.2. The van der Waals surface area contributed by atoms with Crippen molar-refractivity contribution in [3.8, 4) is 180 Å². The van der Waals surface area contributed by atoms with Crippen LogP contribution in [-0.2, 0) is 0 Å². The van der Waals surface area contributed by atoms with E-state index < -0.39 is 0 Å². The number of aromatic nitrogens is 11. The van der Waals surface area contributed by atoms with E-state index in [1.54, 1.807) is 0 Å². The van der Waals surface area contributed by atoms with Crippen LogP contribution in [0.3, 0.4) is 0 Å². The van der Waals surface area contributed by atoms with Gasteiger partial charge in [0.2, 0.25) is 0 Å². The van der Waals surface area contributed by atoms with E-state index in [0.717, 1.165) is 195 Å². The molecule has 0 aliphatic rings. The largest absolute Gasteiger partial charge is 0.258 e. The number of aryl methyl sites for hydroxylation is 9. The van der Waals surface area contributed by atoms with Gasteiger partial charge in [-0.25, -0.2) is 54.8 Å². The van der Waals surface area contributed by atoms with Crippen LogP contribution in [-0.4, -0.2) is 66.4 Å². The number of amidine groups is 1. The first kappa shape index (κ1) is 83.1. The summed E-state index contributed by atoms with van der Waals surface area (Å²) in [5.41, 5.74) is 35.7. The lowest BCUT2D eigenvalue weighted by Gasteiger charge is -2.17. The molecule has 0 atom stereocenters. The topological polar surface area (TPSA) is 167 Å². The van der Waals surface area contributed by atoms with E-state index in [9.17, 15) is 0 Å². The quantitative estimate of drug-likeness (QED) is 0.0526. The monoisotopic (exact) mass is 1680 g/mol. The molecule has 19 rings (SSSR count). The van der Waals surface area contributed by atoms with Gasteiger partial charge in [0.05, 0.1) is 5.70 Å². The minimum atomic E-state index is 0.534. The van der Waals surface area contributed by atoms with Gasteiger partial charge in [-0.2, -0.15) is 0 Å². The zero-order valence-electron chi connectivity index (χ0n) is 74.1. The van der Waals surface area contributed by atoms with Gasteiger partial charge >= 0.3 is 0 Å². The predicted molar refractivity (Wildman–Crippen MR) is 532 cm³/mol. The molecule has 14 aromatic carbocycles. The van der Waals surface area contributed by atoms with E-state index in [1.807, 2.05) is 82.3 Å². The lowest BCUT2D eigenvalue weighted by Crippen LogP contribution is -2.04. The van der Waals surface area contributed by atoms with E-state index >= 15 is 0 Å². The van der Waals surface area contributed by atoms with E-state index in [1.165, 1.54) is 5.56 Å². The third kappa shape index (κ3) is 17.9.